The van der Waals surface area contributed by atoms with Crippen molar-refractivity contribution < 1.29 is 24.7 Å². The Kier molecular flexibility index (Phi) is 6.41. The van der Waals surface area contributed by atoms with E-state index in [1.165, 1.54) is 0 Å². The topological polar surface area (TPSA) is 94.8 Å². The molecule has 0 aliphatic heterocycles. The molecule has 82 valence electrons. The van der Waals surface area contributed by atoms with Gasteiger partial charge < -0.3 is 15.1 Å². The van der Waals surface area contributed by atoms with E-state index in [1.807, 2.05) is 0 Å². The lowest BCUT2D eigenvalue weighted by atomic mass is 10.1. The van der Waals surface area contributed by atoms with Gasteiger partial charge in [0.1, 0.15) is 0 Å². The quantitative estimate of drug-likeness (QED) is 0.557. The van der Waals surface area contributed by atoms with Crippen LogP contribution in [0.1, 0.15) is 19.8 Å². The summed E-state index contributed by atoms with van der Waals surface area (Å²) in [5.41, 5.74) is 0. The Labute approximate surface area is 83.6 Å². The lowest BCUT2D eigenvalue weighted by Crippen LogP contribution is -2.18. The lowest BCUT2D eigenvalue weighted by Gasteiger charge is -2.14. The minimum absolute atomic E-state index is 0.0874. The van der Waals surface area contributed by atoms with Gasteiger partial charge in [0.2, 0.25) is 0 Å². The van der Waals surface area contributed by atoms with Crippen LogP contribution in [-0.2, 0) is 9.59 Å². The van der Waals surface area contributed by atoms with Gasteiger partial charge in [0, 0.05) is 20.7 Å². The van der Waals surface area contributed by atoms with E-state index in [0.717, 1.165) is 0 Å². The largest absolute Gasteiger partial charge is 0.481 e. The fourth-order valence-corrected chi connectivity index (χ4v) is 2.08. The van der Waals surface area contributed by atoms with Crippen molar-refractivity contribution in [1.29, 1.82) is 0 Å². The molecule has 6 heteroatoms. The number of carboxylic acid groups (broad SMARTS) is 2. The summed E-state index contributed by atoms with van der Waals surface area (Å²) in [5, 5.41) is 17.1. The zero-order valence-electron chi connectivity index (χ0n) is 8.01. The number of carboxylic acids is 2. The Balaban J connectivity index is 4.02. The molecular weight excluding hydrogens is 207 g/mol. The van der Waals surface area contributed by atoms with Crippen LogP contribution in [0, 0.1) is 5.92 Å². The number of aliphatic carboxylic acids is 2. The van der Waals surface area contributed by atoms with Crippen LogP contribution in [0.2, 0.25) is 0 Å². The van der Waals surface area contributed by atoms with Crippen LogP contribution in [0.15, 0.2) is 0 Å². The third kappa shape index (κ3) is 5.89. The van der Waals surface area contributed by atoms with E-state index < -0.39 is 26.0 Å². The molecule has 0 spiro atoms. The van der Waals surface area contributed by atoms with Crippen LogP contribution in [0.25, 0.3) is 0 Å². The van der Waals surface area contributed by atoms with Crippen LogP contribution in [0.5, 0.6) is 0 Å². The van der Waals surface area contributed by atoms with Crippen molar-refractivity contribution in [2.75, 3.05) is 12.3 Å². The van der Waals surface area contributed by atoms with E-state index in [-0.39, 0.29) is 19.0 Å². The molecule has 0 bridgehead atoms. The van der Waals surface area contributed by atoms with Gasteiger partial charge in [-0.25, -0.2) is 0 Å². The predicted octanol–water partition coefficient (Wildman–Crippen LogP) is 0.961. The summed E-state index contributed by atoms with van der Waals surface area (Å²) in [4.78, 5) is 30.2. The van der Waals surface area contributed by atoms with Crippen molar-refractivity contribution >= 4 is 20.1 Å². The normalized spacial score (nSPS) is 14.7. The van der Waals surface area contributed by atoms with E-state index in [0.29, 0.717) is 6.16 Å². The standard InChI is InChI=1S/C8H15O5P/c1-2-14(13)5-6(8(11)12)3-4-7(9)10/h6,13H,2-5H2,1H3,(H,9,10)(H,11,12). The predicted molar refractivity (Wildman–Crippen MR) is 52.5 cm³/mol. The third-order valence-electron chi connectivity index (χ3n) is 1.85. The molecule has 0 aromatic heterocycles. The second-order valence-corrected chi connectivity index (χ2v) is 4.98. The average Bonchev–Trinajstić information content (AvgIpc) is 2.10. The first-order chi connectivity index (χ1) is 6.47. The molecule has 2 unspecified atom stereocenters. The minimum atomic E-state index is -1.25. The highest BCUT2D eigenvalue weighted by atomic mass is 31.1. The van der Waals surface area contributed by atoms with Gasteiger partial charge in [0.15, 0.2) is 0 Å². The third-order valence-corrected chi connectivity index (χ3v) is 3.44. The van der Waals surface area contributed by atoms with Crippen molar-refractivity contribution in [1.82, 2.24) is 0 Å². The molecule has 0 radical (unpaired) electrons. The van der Waals surface area contributed by atoms with Crippen molar-refractivity contribution in [3.8, 4) is 0 Å². The Morgan fingerprint density at radius 2 is 1.93 bits per heavy atom. The van der Waals surface area contributed by atoms with Gasteiger partial charge in [-0.1, -0.05) is 6.92 Å². The maximum atomic E-state index is 10.7. The number of carbonyl (C=O) groups is 2. The highest BCUT2D eigenvalue weighted by Gasteiger charge is 2.21. The summed E-state index contributed by atoms with van der Waals surface area (Å²) in [6.07, 6.45) is 0.661. The van der Waals surface area contributed by atoms with Crippen molar-refractivity contribution in [2.24, 2.45) is 5.92 Å². The molecule has 0 fully saturated rings. The smallest absolute Gasteiger partial charge is 0.306 e. The summed E-state index contributed by atoms with van der Waals surface area (Å²) in [7, 11) is -1.25. The molecule has 0 aliphatic rings. The van der Waals surface area contributed by atoms with Crippen LogP contribution in [-0.4, -0.2) is 39.4 Å². The first kappa shape index (κ1) is 13.3. The Bertz CT molecular complexity index is 206. The van der Waals surface area contributed by atoms with Crippen molar-refractivity contribution in [2.45, 2.75) is 19.8 Å². The summed E-state index contributed by atoms with van der Waals surface area (Å²) in [5.74, 6) is -2.77. The van der Waals surface area contributed by atoms with Gasteiger partial charge in [-0.2, -0.15) is 0 Å². The van der Waals surface area contributed by atoms with E-state index in [2.05, 4.69) is 0 Å². The van der Waals surface area contributed by atoms with Crippen LogP contribution < -0.4 is 0 Å². The molecule has 0 aromatic carbocycles. The van der Waals surface area contributed by atoms with E-state index in [1.54, 1.807) is 6.92 Å². The van der Waals surface area contributed by atoms with Crippen molar-refractivity contribution in [3.05, 3.63) is 0 Å². The molecule has 0 aromatic rings. The first-order valence-corrected chi connectivity index (χ1v) is 6.02. The van der Waals surface area contributed by atoms with E-state index in [9.17, 15) is 14.5 Å². The second kappa shape index (κ2) is 6.74. The Morgan fingerprint density at radius 1 is 1.36 bits per heavy atom. The van der Waals surface area contributed by atoms with Gasteiger partial charge in [0.05, 0.1) is 5.92 Å². The van der Waals surface area contributed by atoms with Gasteiger partial charge in [0.25, 0.3) is 0 Å². The van der Waals surface area contributed by atoms with E-state index in [4.69, 9.17) is 10.2 Å². The molecule has 0 heterocycles. The maximum absolute atomic E-state index is 10.7. The fraction of sp³-hybridized carbons (Fsp3) is 0.750. The SMILES string of the molecule is CCP(O)CC(CCC(=O)O)C(=O)O. The molecular formula is C8H15O5P. The molecule has 0 amide bonds. The van der Waals surface area contributed by atoms with Gasteiger partial charge in [-0.05, 0) is 12.6 Å². The Hall–Kier alpha value is -0.670. The van der Waals surface area contributed by atoms with Crippen LogP contribution >= 0.6 is 8.15 Å². The fourth-order valence-electron chi connectivity index (χ4n) is 0.974. The summed E-state index contributed by atoms with van der Waals surface area (Å²) in [6, 6.07) is 0. The van der Waals surface area contributed by atoms with Crippen LogP contribution in [0.3, 0.4) is 0 Å². The number of rotatable bonds is 7. The van der Waals surface area contributed by atoms with Gasteiger partial charge in [-0.15, -0.1) is 0 Å². The van der Waals surface area contributed by atoms with Gasteiger partial charge in [-0.3, -0.25) is 9.59 Å². The first-order valence-electron chi connectivity index (χ1n) is 4.35. The second-order valence-electron chi connectivity index (χ2n) is 2.97. The highest BCUT2D eigenvalue weighted by molar-refractivity contribution is 7.51. The summed E-state index contributed by atoms with van der Waals surface area (Å²) < 4.78 is 0. The molecule has 0 saturated carbocycles. The monoisotopic (exact) mass is 222 g/mol. The number of hydrogen-bond acceptors (Lipinski definition) is 3. The molecule has 0 saturated heterocycles. The molecule has 0 rings (SSSR count). The lowest BCUT2D eigenvalue weighted by molar-refractivity contribution is -0.142. The molecule has 3 N–H and O–H groups in total. The number of hydrogen-bond donors (Lipinski definition) is 3. The zero-order valence-corrected chi connectivity index (χ0v) is 8.91. The van der Waals surface area contributed by atoms with Crippen molar-refractivity contribution in [3.63, 3.8) is 0 Å². The van der Waals surface area contributed by atoms with Gasteiger partial charge >= 0.3 is 11.9 Å². The maximum Gasteiger partial charge on any atom is 0.306 e. The average molecular weight is 222 g/mol. The Morgan fingerprint density at radius 3 is 2.29 bits per heavy atom. The van der Waals surface area contributed by atoms with Crippen LogP contribution in [0.4, 0.5) is 0 Å². The van der Waals surface area contributed by atoms with E-state index >= 15 is 0 Å². The minimum Gasteiger partial charge on any atom is -0.481 e. The molecule has 5 nitrogen and oxygen atoms in total. The molecule has 2 atom stereocenters. The molecule has 14 heavy (non-hydrogen) atoms. The highest BCUT2D eigenvalue weighted by Crippen LogP contribution is 2.33. The zero-order chi connectivity index (χ0) is 11.1. The molecule has 0 aliphatic carbocycles. The summed E-state index contributed by atoms with van der Waals surface area (Å²) >= 11 is 0. The summed E-state index contributed by atoms with van der Waals surface area (Å²) in [6.45, 7) is 1.78.